The number of ether oxygens (including phenoxy) is 2. The van der Waals surface area contributed by atoms with Crippen LogP contribution in [0.5, 0.6) is 5.75 Å². The molecule has 1 aliphatic rings. The molecule has 1 saturated heterocycles. The molecule has 0 saturated carbocycles. The van der Waals surface area contributed by atoms with Crippen LogP contribution in [0.2, 0.25) is 0 Å². The number of hydrogen-bond donors (Lipinski definition) is 1. The number of aliphatic hydroxyl groups is 1. The molecule has 1 fully saturated rings. The van der Waals surface area contributed by atoms with Crippen LogP contribution < -0.4 is 4.74 Å². The molecule has 1 aliphatic heterocycles. The van der Waals surface area contributed by atoms with E-state index in [1.54, 1.807) is 13.0 Å². The van der Waals surface area contributed by atoms with Crippen molar-refractivity contribution in [2.24, 2.45) is 0 Å². The molecule has 2 rings (SSSR count). The van der Waals surface area contributed by atoms with E-state index in [0.29, 0.717) is 24.5 Å². The Kier molecular flexibility index (Phi) is 3.97. The summed E-state index contributed by atoms with van der Waals surface area (Å²) >= 11 is 0. The zero-order valence-electron chi connectivity index (χ0n) is 9.86. The normalized spacial score (nSPS) is 19.0. The third kappa shape index (κ3) is 3.17. The largest absolute Gasteiger partial charge is 0.490 e. The molecule has 0 aliphatic carbocycles. The van der Waals surface area contributed by atoms with E-state index in [1.807, 2.05) is 0 Å². The van der Waals surface area contributed by atoms with E-state index < -0.39 is 6.10 Å². The second-order valence-electron chi connectivity index (χ2n) is 4.29. The smallest absolute Gasteiger partial charge is 0.125 e. The van der Waals surface area contributed by atoms with E-state index in [-0.39, 0.29) is 11.9 Å². The van der Waals surface area contributed by atoms with Gasteiger partial charge in [-0.3, -0.25) is 0 Å². The van der Waals surface area contributed by atoms with E-state index in [2.05, 4.69) is 0 Å². The van der Waals surface area contributed by atoms with Crippen LogP contribution in [0.1, 0.15) is 31.4 Å². The molecule has 0 spiro atoms. The lowest BCUT2D eigenvalue weighted by Gasteiger charge is -2.25. The minimum Gasteiger partial charge on any atom is -0.490 e. The zero-order valence-corrected chi connectivity index (χ0v) is 9.86. The summed E-state index contributed by atoms with van der Waals surface area (Å²) in [6.45, 7) is 2.98. The highest BCUT2D eigenvalue weighted by Crippen LogP contribution is 2.28. The minimum atomic E-state index is -0.736. The molecule has 0 amide bonds. The van der Waals surface area contributed by atoms with Crippen molar-refractivity contribution in [2.45, 2.75) is 32.0 Å². The van der Waals surface area contributed by atoms with Crippen LogP contribution in [0.15, 0.2) is 18.2 Å². The Bertz CT molecular complexity index is 373. The van der Waals surface area contributed by atoms with Crippen LogP contribution in [0.4, 0.5) is 4.39 Å². The number of aliphatic hydroxyl groups excluding tert-OH is 1. The quantitative estimate of drug-likeness (QED) is 0.882. The van der Waals surface area contributed by atoms with Gasteiger partial charge in [0, 0.05) is 18.4 Å². The average Bonchev–Trinajstić information content (AvgIpc) is 2.32. The summed E-state index contributed by atoms with van der Waals surface area (Å²) in [5, 5.41) is 9.59. The first-order valence-corrected chi connectivity index (χ1v) is 5.88. The van der Waals surface area contributed by atoms with Crippen LogP contribution >= 0.6 is 0 Å². The highest BCUT2D eigenvalue weighted by Gasteiger charge is 2.18. The molecule has 1 N–H and O–H groups in total. The van der Waals surface area contributed by atoms with Gasteiger partial charge < -0.3 is 14.6 Å². The standard InChI is InChI=1S/C13H17FO3/c1-9(15)12-8-10(14)2-3-13(12)17-11-4-6-16-7-5-11/h2-3,8-9,11,15H,4-7H2,1H3/t9-/m0/s1. The fourth-order valence-electron chi connectivity index (χ4n) is 1.93. The third-order valence-electron chi connectivity index (χ3n) is 2.88. The van der Waals surface area contributed by atoms with Crippen molar-refractivity contribution >= 4 is 0 Å². The van der Waals surface area contributed by atoms with E-state index >= 15 is 0 Å². The molecular formula is C13H17FO3. The second-order valence-corrected chi connectivity index (χ2v) is 4.29. The number of rotatable bonds is 3. The number of benzene rings is 1. The zero-order chi connectivity index (χ0) is 12.3. The van der Waals surface area contributed by atoms with Crippen molar-refractivity contribution in [3.63, 3.8) is 0 Å². The summed E-state index contributed by atoms with van der Waals surface area (Å²) in [5.74, 6) is 0.202. The molecule has 0 bridgehead atoms. The van der Waals surface area contributed by atoms with Gasteiger partial charge in [0.1, 0.15) is 17.7 Å². The SMILES string of the molecule is C[C@H](O)c1cc(F)ccc1OC1CCOCC1. The first-order chi connectivity index (χ1) is 8.16. The fourth-order valence-corrected chi connectivity index (χ4v) is 1.93. The Morgan fingerprint density at radius 1 is 1.41 bits per heavy atom. The summed E-state index contributed by atoms with van der Waals surface area (Å²) in [7, 11) is 0. The Balaban J connectivity index is 2.13. The first kappa shape index (κ1) is 12.3. The summed E-state index contributed by atoms with van der Waals surface area (Å²) in [6.07, 6.45) is 1.01. The fraction of sp³-hybridized carbons (Fsp3) is 0.538. The molecule has 1 heterocycles. The van der Waals surface area contributed by atoms with Gasteiger partial charge in [-0.05, 0) is 25.1 Å². The Labute approximate surface area is 100 Å². The van der Waals surface area contributed by atoms with Crippen molar-refractivity contribution in [1.82, 2.24) is 0 Å². The molecule has 0 aromatic heterocycles. The van der Waals surface area contributed by atoms with Crippen LogP contribution in [-0.2, 0) is 4.74 Å². The van der Waals surface area contributed by atoms with Gasteiger partial charge in [-0.1, -0.05) is 0 Å². The van der Waals surface area contributed by atoms with Gasteiger partial charge in [0.2, 0.25) is 0 Å². The molecule has 17 heavy (non-hydrogen) atoms. The molecule has 1 aromatic rings. The van der Waals surface area contributed by atoms with Crippen molar-refractivity contribution in [1.29, 1.82) is 0 Å². The third-order valence-corrected chi connectivity index (χ3v) is 2.88. The van der Waals surface area contributed by atoms with Crippen LogP contribution in [0, 0.1) is 5.82 Å². The second kappa shape index (κ2) is 5.47. The summed E-state index contributed by atoms with van der Waals surface area (Å²) < 4.78 is 24.1. The first-order valence-electron chi connectivity index (χ1n) is 5.88. The van der Waals surface area contributed by atoms with Crippen molar-refractivity contribution in [2.75, 3.05) is 13.2 Å². The highest BCUT2D eigenvalue weighted by molar-refractivity contribution is 5.35. The number of hydrogen-bond acceptors (Lipinski definition) is 3. The lowest BCUT2D eigenvalue weighted by molar-refractivity contribution is 0.0242. The van der Waals surface area contributed by atoms with E-state index in [4.69, 9.17) is 9.47 Å². The van der Waals surface area contributed by atoms with Crippen molar-refractivity contribution in [3.05, 3.63) is 29.6 Å². The van der Waals surface area contributed by atoms with E-state index in [9.17, 15) is 9.50 Å². The Morgan fingerprint density at radius 2 is 2.12 bits per heavy atom. The van der Waals surface area contributed by atoms with Gasteiger partial charge in [-0.25, -0.2) is 4.39 Å². The molecular weight excluding hydrogens is 223 g/mol. The van der Waals surface area contributed by atoms with Gasteiger partial charge in [-0.15, -0.1) is 0 Å². The predicted molar refractivity (Wildman–Crippen MR) is 61.5 cm³/mol. The van der Waals surface area contributed by atoms with Crippen LogP contribution in [-0.4, -0.2) is 24.4 Å². The Hall–Kier alpha value is -1.13. The predicted octanol–water partition coefficient (Wildman–Crippen LogP) is 2.44. The van der Waals surface area contributed by atoms with Gasteiger partial charge in [0.15, 0.2) is 0 Å². The molecule has 0 unspecified atom stereocenters. The minimum absolute atomic E-state index is 0.0895. The molecule has 1 aromatic carbocycles. The highest BCUT2D eigenvalue weighted by atomic mass is 19.1. The maximum Gasteiger partial charge on any atom is 0.125 e. The van der Waals surface area contributed by atoms with Crippen molar-refractivity contribution < 1.29 is 19.0 Å². The van der Waals surface area contributed by atoms with Gasteiger partial charge in [0.25, 0.3) is 0 Å². The maximum absolute atomic E-state index is 13.1. The summed E-state index contributed by atoms with van der Waals surface area (Å²) in [4.78, 5) is 0. The van der Waals surface area contributed by atoms with Crippen LogP contribution in [0.3, 0.4) is 0 Å². The Morgan fingerprint density at radius 3 is 2.76 bits per heavy atom. The van der Waals surface area contributed by atoms with Gasteiger partial charge >= 0.3 is 0 Å². The van der Waals surface area contributed by atoms with Gasteiger partial charge in [0.05, 0.1) is 19.3 Å². The molecule has 94 valence electrons. The summed E-state index contributed by atoms with van der Waals surface area (Å²) in [5.41, 5.74) is 0.497. The molecule has 3 nitrogen and oxygen atoms in total. The number of halogens is 1. The molecule has 1 atom stereocenters. The summed E-state index contributed by atoms with van der Waals surface area (Å²) in [6, 6.07) is 4.24. The lowest BCUT2D eigenvalue weighted by Crippen LogP contribution is -2.26. The van der Waals surface area contributed by atoms with E-state index in [1.165, 1.54) is 12.1 Å². The molecule has 4 heteroatoms. The monoisotopic (exact) mass is 240 g/mol. The topological polar surface area (TPSA) is 38.7 Å². The average molecular weight is 240 g/mol. The van der Waals surface area contributed by atoms with Crippen LogP contribution in [0.25, 0.3) is 0 Å². The lowest BCUT2D eigenvalue weighted by atomic mass is 10.1. The van der Waals surface area contributed by atoms with Gasteiger partial charge in [-0.2, -0.15) is 0 Å². The maximum atomic E-state index is 13.1. The van der Waals surface area contributed by atoms with Crippen molar-refractivity contribution in [3.8, 4) is 5.75 Å². The van der Waals surface area contributed by atoms with E-state index in [0.717, 1.165) is 12.8 Å². The molecule has 0 radical (unpaired) electrons.